The van der Waals surface area contributed by atoms with Crippen molar-refractivity contribution >= 4 is 23.1 Å². The van der Waals surface area contributed by atoms with Crippen molar-refractivity contribution in [3.8, 4) is 0 Å². The zero-order valence-electron chi connectivity index (χ0n) is 7.05. The molecule has 5 nitrogen and oxygen atoms in total. The van der Waals surface area contributed by atoms with E-state index in [0.29, 0.717) is 10.8 Å². The van der Waals surface area contributed by atoms with Gasteiger partial charge < -0.3 is 5.32 Å². The fourth-order valence-electron chi connectivity index (χ4n) is 0.955. The van der Waals surface area contributed by atoms with Crippen LogP contribution in [0.5, 0.6) is 0 Å². The number of hydrogen-bond acceptors (Lipinski definition) is 5. The van der Waals surface area contributed by atoms with E-state index in [1.165, 1.54) is 6.20 Å². The highest BCUT2D eigenvalue weighted by Crippen LogP contribution is 2.22. The Kier molecular flexibility index (Phi) is 2.51. The maximum atomic E-state index is 5.93. The molecule has 0 saturated carbocycles. The second kappa shape index (κ2) is 3.97. The standard InChI is InChI=1S/C8H6ClN5/c9-6-3-1-2-4-7(6)11-8-5-10-13-14-12-8/h1-5H,(H,11,12,13). The van der Waals surface area contributed by atoms with Crippen LogP contribution in [-0.2, 0) is 0 Å². The van der Waals surface area contributed by atoms with Gasteiger partial charge in [0.25, 0.3) is 0 Å². The van der Waals surface area contributed by atoms with Crippen LogP contribution in [0, 0.1) is 0 Å². The Morgan fingerprint density at radius 2 is 2.00 bits per heavy atom. The molecule has 0 amide bonds. The fraction of sp³-hybridized carbons (Fsp3) is 0. The van der Waals surface area contributed by atoms with Crippen molar-refractivity contribution in [1.29, 1.82) is 0 Å². The molecular formula is C8H6ClN5. The third-order valence-corrected chi connectivity index (χ3v) is 1.89. The summed E-state index contributed by atoms with van der Waals surface area (Å²) in [5.41, 5.74) is 0.761. The fourth-order valence-corrected chi connectivity index (χ4v) is 1.14. The number of para-hydroxylation sites is 1. The lowest BCUT2D eigenvalue weighted by Crippen LogP contribution is -1.98. The molecule has 0 atom stereocenters. The number of rotatable bonds is 2. The van der Waals surface area contributed by atoms with Gasteiger partial charge in [0.2, 0.25) is 0 Å². The number of anilines is 2. The minimum atomic E-state index is 0.508. The Balaban J connectivity index is 2.24. The maximum Gasteiger partial charge on any atom is 0.175 e. The number of hydrogen-bond donors (Lipinski definition) is 1. The summed E-state index contributed by atoms with van der Waals surface area (Å²) in [5.74, 6) is 0.508. The van der Waals surface area contributed by atoms with Gasteiger partial charge in [0, 0.05) is 0 Å². The molecule has 0 unspecified atom stereocenters. The van der Waals surface area contributed by atoms with Crippen LogP contribution in [-0.4, -0.2) is 20.6 Å². The van der Waals surface area contributed by atoms with Crippen LogP contribution in [0.15, 0.2) is 30.5 Å². The van der Waals surface area contributed by atoms with E-state index in [1.807, 2.05) is 18.2 Å². The van der Waals surface area contributed by atoms with E-state index in [2.05, 4.69) is 25.9 Å². The first-order valence-corrected chi connectivity index (χ1v) is 4.26. The van der Waals surface area contributed by atoms with Crippen LogP contribution in [0.2, 0.25) is 5.02 Å². The molecule has 1 aromatic heterocycles. The lowest BCUT2D eigenvalue weighted by Gasteiger charge is -2.04. The van der Waals surface area contributed by atoms with Gasteiger partial charge in [-0.05, 0) is 22.6 Å². The summed E-state index contributed by atoms with van der Waals surface area (Å²) in [6.07, 6.45) is 1.47. The zero-order valence-corrected chi connectivity index (χ0v) is 7.81. The highest BCUT2D eigenvalue weighted by molar-refractivity contribution is 6.33. The molecule has 0 fully saturated rings. The van der Waals surface area contributed by atoms with Crippen LogP contribution in [0.25, 0.3) is 0 Å². The molecule has 2 aromatic rings. The van der Waals surface area contributed by atoms with E-state index in [1.54, 1.807) is 6.07 Å². The summed E-state index contributed by atoms with van der Waals surface area (Å²) >= 11 is 5.93. The van der Waals surface area contributed by atoms with Gasteiger partial charge in [0.15, 0.2) is 5.82 Å². The van der Waals surface area contributed by atoms with Gasteiger partial charge in [0.05, 0.1) is 16.9 Å². The summed E-state index contributed by atoms with van der Waals surface area (Å²) in [5, 5.41) is 17.6. The molecule has 14 heavy (non-hydrogen) atoms. The molecular weight excluding hydrogens is 202 g/mol. The van der Waals surface area contributed by atoms with Gasteiger partial charge in [0.1, 0.15) is 0 Å². The summed E-state index contributed by atoms with van der Waals surface area (Å²) in [6.45, 7) is 0. The Morgan fingerprint density at radius 1 is 1.14 bits per heavy atom. The molecule has 0 aliphatic rings. The summed E-state index contributed by atoms with van der Waals surface area (Å²) in [4.78, 5) is 0. The number of aromatic nitrogens is 4. The molecule has 70 valence electrons. The van der Waals surface area contributed by atoms with Crippen LogP contribution in [0.4, 0.5) is 11.5 Å². The van der Waals surface area contributed by atoms with E-state index in [4.69, 9.17) is 11.6 Å². The van der Waals surface area contributed by atoms with Crippen molar-refractivity contribution in [2.45, 2.75) is 0 Å². The van der Waals surface area contributed by atoms with Gasteiger partial charge in [-0.2, -0.15) is 0 Å². The van der Waals surface area contributed by atoms with E-state index in [9.17, 15) is 0 Å². The Bertz CT molecular complexity index is 419. The molecule has 0 saturated heterocycles. The first-order chi connectivity index (χ1) is 6.86. The molecule has 0 bridgehead atoms. The monoisotopic (exact) mass is 207 g/mol. The quantitative estimate of drug-likeness (QED) is 0.812. The summed E-state index contributed by atoms with van der Waals surface area (Å²) in [6, 6.07) is 7.34. The van der Waals surface area contributed by atoms with E-state index >= 15 is 0 Å². The van der Waals surface area contributed by atoms with E-state index < -0.39 is 0 Å². The predicted octanol–water partition coefficient (Wildman–Crippen LogP) is 1.66. The molecule has 0 radical (unpaired) electrons. The zero-order chi connectivity index (χ0) is 9.80. The van der Waals surface area contributed by atoms with Crippen molar-refractivity contribution in [3.05, 3.63) is 35.5 Å². The molecule has 0 aliphatic carbocycles. The Hall–Kier alpha value is -1.75. The van der Waals surface area contributed by atoms with Gasteiger partial charge >= 0.3 is 0 Å². The number of nitrogens with one attached hydrogen (secondary N) is 1. The van der Waals surface area contributed by atoms with Gasteiger partial charge in [-0.1, -0.05) is 23.7 Å². The minimum Gasteiger partial charge on any atom is -0.336 e. The van der Waals surface area contributed by atoms with Crippen LogP contribution in [0.1, 0.15) is 0 Å². The Morgan fingerprint density at radius 3 is 2.71 bits per heavy atom. The van der Waals surface area contributed by atoms with Crippen molar-refractivity contribution < 1.29 is 0 Å². The van der Waals surface area contributed by atoms with Crippen molar-refractivity contribution in [2.24, 2.45) is 0 Å². The molecule has 1 N–H and O–H groups in total. The normalized spacial score (nSPS) is 9.79. The molecule has 0 aliphatic heterocycles. The molecule has 1 aromatic carbocycles. The average Bonchev–Trinajstić information content (AvgIpc) is 2.23. The van der Waals surface area contributed by atoms with Crippen LogP contribution in [0.3, 0.4) is 0 Å². The lowest BCUT2D eigenvalue weighted by atomic mass is 10.3. The highest BCUT2D eigenvalue weighted by atomic mass is 35.5. The number of halogens is 1. The third-order valence-electron chi connectivity index (χ3n) is 1.56. The van der Waals surface area contributed by atoms with Gasteiger partial charge in [-0.15, -0.1) is 10.2 Å². The number of benzene rings is 1. The molecule has 6 heteroatoms. The van der Waals surface area contributed by atoms with Crippen molar-refractivity contribution in [3.63, 3.8) is 0 Å². The van der Waals surface area contributed by atoms with Crippen LogP contribution < -0.4 is 5.32 Å². The second-order valence-electron chi connectivity index (χ2n) is 2.51. The summed E-state index contributed by atoms with van der Waals surface area (Å²) < 4.78 is 0. The number of nitrogens with zero attached hydrogens (tertiary/aromatic N) is 4. The molecule has 1 heterocycles. The topological polar surface area (TPSA) is 63.6 Å². The van der Waals surface area contributed by atoms with Gasteiger partial charge in [-0.3, -0.25) is 0 Å². The van der Waals surface area contributed by atoms with Crippen molar-refractivity contribution in [1.82, 2.24) is 20.6 Å². The first kappa shape index (κ1) is 8.83. The highest BCUT2D eigenvalue weighted by Gasteiger charge is 1.99. The Labute approximate surface area is 85.1 Å². The van der Waals surface area contributed by atoms with Crippen LogP contribution >= 0.6 is 11.6 Å². The molecule has 0 spiro atoms. The van der Waals surface area contributed by atoms with E-state index in [-0.39, 0.29) is 0 Å². The minimum absolute atomic E-state index is 0.508. The lowest BCUT2D eigenvalue weighted by molar-refractivity contribution is 0.767. The third kappa shape index (κ3) is 1.94. The van der Waals surface area contributed by atoms with Crippen molar-refractivity contribution in [2.75, 3.05) is 5.32 Å². The largest absolute Gasteiger partial charge is 0.336 e. The SMILES string of the molecule is Clc1ccccc1Nc1cnnnn1. The average molecular weight is 208 g/mol. The second-order valence-corrected chi connectivity index (χ2v) is 2.92. The van der Waals surface area contributed by atoms with Gasteiger partial charge in [-0.25, -0.2) is 0 Å². The maximum absolute atomic E-state index is 5.93. The first-order valence-electron chi connectivity index (χ1n) is 3.89. The predicted molar refractivity (Wildman–Crippen MR) is 52.4 cm³/mol. The van der Waals surface area contributed by atoms with E-state index in [0.717, 1.165) is 5.69 Å². The smallest absolute Gasteiger partial charge is 0.175 e. The molecule has 2 rings (SSSR count). The summed E-state index contributed by atoms with van der Waals surface area (Å²) in [7, 11) is 0.